The molecule has 7 heteroatoms. The number of hydrogen-bond donors (Lipinski definition) is 3. The van der Waals surface area contributed by atoms with Crippen molar-refractivity contribution in [3.8, 4) is 11.7 Å². The zero-order valence-electron chi connectivity index (χ0n) is 8.47. The van der Waals surface area contributed by atoms with E-state index in [9.17, 15) is 14.7 Å². The third-order valence-corrected chi connectivity index (χ3v) is 1.66. The molecule has 0 saturated heterocycles. The van der Waals surface area contributed by atoms with Gasteiger partial charge in [-0.1, -0.05) is 0 Å². The molecule has 0 aliphatic rings. The predicted molar refractivity (Wildman–Crippen MR) is 51.9 cm³/mol. The second kappa shape index (κ2) is 4.77. The lowest BCUT2D eigenvalue weighted by Gasteiger charge is -2.07. The summed E-state index contributed by atoms with van der Waals surface area (Å²) in [6.45, 7) is 0.811. The van der Waals surface area contributed by atoms with Gasteiger partial charge >= 0.3 is 11.9 Å². The number of aromatic hydroxyl groups is 1. The summed E-state index contributed by atoms with van der Waals surface area (Å²) < 4.78 is 9.30. The van der Waals surface area contributed by atoms with Crippen LogP contribution in [0.15, 0.2) is 15.3 Å². The standard InChI is InChI=1S/C9H11NO6/c1-4(10)8(14)16-9-7(13)6(12)2-5(3-11)15-9/h2,4,11,13H,3,10H2,1H3. The van der Waals surface area contributed by atoms with E-state index in [0.717, 1.165) is 6.07 Å². The number of carbonyl (C=O) groups excluding carboxylic acids is 1. The molecule has 1 rings (SSSR count). The van der Waals surface area contributed by atoms with Gasteiger partial charge in [0.25, 0.3) is 0 Å². The molecule has 7 nitrogen and oxygen atoms in total. The highest BCUT2D eigenvalue weighted by molar-refractivity contribution is 5.77. The largest absolute Gasteiger partial charge is 0.499 e. The molecular weight excluding hydrogens is 218 g/mol. The topological polar surface area (TPSA) is 123 Å². The molecule has 1 heterocycles. The summed E-state index contributed by atoms with van der Waals surface area (Å²) in [6, 6.07) is -0.0408. The lowest BCUT2D eigenvalue weighted by atomic mass is 10.3. The Hall–Kier alpha value is -1.86. The Bertz CT molecular complexity index is 450. The Morgan fingerprint density at radius 2 is 2.31 bits per heavy atom. The number of aliphatic hydroxyl groups excluding tert-OH is 1. The van der Waals surface area contributed by atoms with Gasteiger partial charge in [-0.15, -0.1) is 0 Å². The molecule has 0 fully saturated rings. The van der Waals surface area contributed by atoms with Gasteiger partial charge in [0.2, 0.25) is 11.2 Å². The Balaban J connectivity index is 3.08. The van der Waals surface area contributed by atoms with Crippen LogP contribution in [-0.2, 0) is 11.4 Å². The number of nitrogens with two attached hydrogens (primary N) is 1. The highest BCUT2D eigenvalue weighted by Gasteiger charge is 2.18. The van der Waals surface area contributed by atoms with Crippen LogP contribution in [-0.4, -0.2) is 22.2 Å². The smallest absolute Gasteiger partial charge is 0.340 e. The second-order valence-corrected chi connectivity index (χ2v) is 3.08. The van der Waals surface area contributed by atoms with E-state index in [0.29, 0.717) is 0 Å². The fraction of sp³-hybridized carbons (Fsp3) is 0.333. The Kier molecular flexibility index (Phi) is 3.64. The summed E-state index contributed by atoms with van der Waals surface area (Å²) in [5.74, 6) is -2.51. The molecule has 1 aromatic heterocycles. The SMILES string of the molecule is CC(N)C(=O)Oc1oc(CO)cc(=O)c1O. The molecule has 0 aliphatic heterocycles. The minimum absolute atomic E-state index is 0.129. The van der Waals surface area contributed by atoms with E-state index >= 15 is 0 Å². The number of hydrogen-bond acceptors (Lipinski definition) is 7. The average molecular weight is 229 g/mol. The molecule has 0 spiro atoms. The molecule has 1 aromatic rings. The van der Waals surface area contributed by atoms with E-state index in [-0.39, 0.29) is 5.76 Å². The van der Waals surface area contributed by atoms with Crippen molar-refractivity contribution in [3.05, 3.63) is 22.0 Å². The fourth-order valence-corrected chi connectivity index (χ4v) is 0.843. The lowest BCUT2D eigenvalue weighted by molar-refractivity contribution is -0.136. The first-order valence-electron chi connectivity index (χ1n) is 4.39. The molecule has 0 saturated carbocycles. The summed E-state index contributed by atoms with van der Waals surface area (Å²) in [4.78, 5) is 22.2. The van der Waals surface area contributed by atoms with Crippen LogP contribution < -0.4 is 15.9 Å². The molecule has 0 amide bonds. The number of rotatable bonds is 3. The minimum atomic E-state index is -0.928. The van der Waals surface area contributed by atoms with E-state index in [2.05, 4.69) is 4.74 Å². The molecule has 4 N–H and O–H groups in total. The molecule has 0 aliphatic carbocycles. The van der Waals surface area contributed by atoms with Crippen molar-refractivity contribution in [1.82, 2.24) is 0 Å². The van der Waals surface area contributed by atoms with Gasteiger partial charge in [-0.25, -0.2) is 4.79 Å². The van der Waals surface area contributed by atoms with Crippen molar-refractivity contribution in [2.75, 3.05) is 0 Å². The number of esters is 1. The summed E-state index contributed by atoms with van der Waals surface area (Å²) >= 11 is 0. The molecule has 16 heavy (non-hydrogen) atoms. The highest BCUT2D eigenvalue weighted by Crippen LogP contribution is 2.23. The van der Waals surface area contributed by atoms with Gasteiger partial charge in [-0.05, 0) is 6.92 Å². The zero-order valence-corrected chi connectivity index (χ0v) is 8.47. The lowest BCUT2D eigenvalue weighted by Crippen LogP contribution is -2.31. The zero-order chi connectivity index (χ0) is 12.3. The van der Waals surface area contributed by atoms with Crippen LogP contribution in [0.4, 0.5) is 0 Å². The Morgan fingerprint density at radius 1 is 1.69 bits per heavy atom. The number of carbonyl (C=O) groups is 1. The van der Waals surface area contributed by atoms with Gasteiger partial charge in [0.1, 0.15) is 18.4 Å². The van der Waals surface area contributed by atoms with Crippen molar-refractivity contribution in [1.29, 1.82) is 0 Å². The van der Waals surface area contributed by atoms with E-state index < -0.39 is 35.7 Å². The fourth-order valence-electron chi connectivity index (χ4n) is 0.843. The summed E-state index contributed by atoms with van der Waals surface area (Å²) in [5.41, 5.74) is 4.40. The van der Waals surface area contributed by atoms with E-state index in [1.807, 2.05) is 0 Å². The monoisotopic (exact) mass is 229 g/mol. The molecule has 0 radical (unpaired) electrons. The third kappa shape index (κ3) is 2.59. The summed E-state index contributed by atoms with van der Waals surface area (Å²) in [5, 5.41) is 18.0. The van der Waals surface area contributed by atoms with Gasteiger partial charge in [0, 0.05) is 6.07 Å². The second-order valence-electron chi connectivity index (χ2n) is 3.08. The van der Waals surface area contributed by atoms with E-state index in [1.54, 1.807) is 0 Å². The first-order chi connectivity index (χ1) is 7.45. The van der Waals surface area contributed by atoms with Crippen LogP contribution in [0.25, 0.3) is 0 Å². The number of ether oxygens (including phenoxy) is 1. The molecule has 1 unspecified atom stereocenters. The maximum absolute atomic E-state index is 11.1. The van der Waals surface area contributed by atoms with Crippen molar-refractivity contribution in [3.63, 3.8) is 0 Å². The Labute approximate surface area is 90.1 Å². The summed E-state index contributed by atoms with van der Waals surface area (Å²) in [7, 11) is 0. The van der Waals surface area contributed by atoms with Crippen LogP contribution in [0.5, 0.6) is 11.7 Å². The van der Waals surface area contributed by atoms with E-state index in [4.69, 9.17) is 15.3 Å². The quantitative estimate of drug-likeness (QED) is 0.573. The molecular formula is C9H11NO6. The van der Waals surface area contributed by atoms with Crippen LogP contribution in [0.1, 0.15) is 12.7 Å². The van der Waals surface area contributed by atoms with Gasteiger partial charge < -0.3 is 25.1 Å². The maximum Gasteiger partial charge on any atom is 0.340 e. The summed E-state index contributed by atoms with van der Waals surface area (Å²) in [6.07, 6.45) is 0. The van der Waals surface area contributed by atoms with Crippen molar-refractivity contribution < 1.29 is 24.2 Å². The van der Waals surface area contributed by atoms with Crippen LogP contribution in [0.2, 0.25) is 0 Å². The van der Waals surface area contributed by atoms with Crippen molar-refractivity contribution in [2.24, 2.45) is 5.73 Å². The maximum atomic E-state index is 11.1. The number of aliphatic hydroxyl groups is 1. The molecule has 0 bridgehead atoms. The third-order valence-electron chi connectivity index (χ3n) is 1.66. The van der Waals surface area contributed by atoms with E-state index in [1.165, 1.54) is 6.92 Å². The van der Waals surface area contributed by atoms with Gasteiger partial charge in [0.15, 0.2) is 0 Å². The van der Waals surface area contributed by atoms with Gasteiger partial charge in [-0.3, -0.25) is 4.79 Å². The minimum Gasteiger partial charge on any atom is -0.499 e. The highest BCUT2D eigenvalue weighted by atomic mass is 16.6. The average Bonchev–Trinajstić information content (AvgIpc) is 2.24. The normalized spacial score (nSPS) is 12.2. The Morgan fingerprint density at radius 3 is 2.81 bits per heavy atom. The van der Waals surface area contributed by atoms with Crippen molar-refractivity contribution >= 4 is 5.97 Å². The predicted octanol–water partition coefficient (Wildman–Crippen LogP) is -0.910. The first-order valence-corrected chi connectivity index (χ1v) is 4.39. The molecule has 88 valence electrons. The van der Waals surface area contributed by atoms with Gasteiger partial charge in [0.05, 0.1) is 0 Å². The molecule has 0 aromatic carbocycles. The van der Waals surface area contributed by atoms with Crippen LogP contribution in [0.3, 0.4) is 0 Å². The first kappa shape index (κ1) is 12.2. The van der Waals surface area contributed by atoms with Crippen LogP contribution in [0, 0.1) is 0 Å². The van der Waals surface area contributed by atoms with Crippen LogP contribution >= 0.6 is 0 Å². The molecule has 1 atom stereocenters. The van der Waals surface area contributed by atoms with Gasteiger partial charge in [-0.2, -0.15) is 0 Å². The van der Waals surface area contributed by atoms with Crippen molar-refractivity contribution in [2.45, 2.75) is 19.6 Å².